The van der Waals surface area contributed by atoms with Crippen LogP contribution in [0, 0.1) is 11.8 Å². The van der Waals surface area contributed by atoms with Crippen LogP contribution in [0.4, 0.5) is 0 Å². The van der Waals surface area contributed by atoms with Crippen LogP contribution in [-0.2, 0) is 4.79 Å². The quantitative estimate of drug-likeness (QED) is 0.418. The van der Waals surface area contributed by atoms with Gasteiger partial charge in [0, 0.05) is 5.92 Å². The van der Waals surface area contributed by atoms with Crippen molar-refractivity contribution in [1.82, 2.24) is 0 Å². The van der Waals surface area contributed by atoms with E-state index in [1.54, 1.807) is 0 Å². The molecule has 2 rings (SSSR count). The number of rotatable bonds is 0. The van der Waals surface area contributed by atoms with Gasteiger partial charge < -0.3 is 0 Å². The zero-order chi connectivity index (χ0) is 8.55. The van der Waals surface area contributed by atoms with Crippen molar-refractivity contribution >= 4 is 17.4 Å². The van der Waals surface area contributed by atoms with E-state index in [0.29, 0.717) is 5.92 Å². The number of ketones is 1. The largest absolute Gasteiger partial charge is 0.298 e. The molecular formula is C10H13ClO. The first-order valence-corrected chi connectivity index (χ1v) is 5.07. The second-order valence-corrected chi connectivity index (χ2v) is 4.17. The van der Waals surface area contributed by atoms with Crippen LogP contribution in [-0.4, -0.2) is 11.2 Å². The molecule has 0 bridgehead atoms. The summed E-state index contributed by atoms with van der Waals surface area (Å²) < 4.78 is 0. The first kappa shape index (κ1) is 8.31. The topological polar surface area (TPSA) is 17.1 Å². The van der Waals surface area contributed by atoms with Gasteiger partial charge in [-0.15, -0.1) is 11.6 Å². The minimum atomic E-state index is -0.165. The Morgan fingerprint density at radius 2 is 1.92 bits per heavy atom. The van der Waals surface area contributed by atoms with Gasteiger partial charge in [-0.05, 0) is 31.6 Å². The van der Waals surface area contributed by atoms with Crippen molar-refractivity contribution in [2.75, 3.05) is 0 Å². The number of fused-ring (bicyclic) bond motifs is 1. The fourth-order valence-electron chi connectivity index (χ4n) is 2.22. The standard InChI is InChI=1S/C10H13ClO/c11-9-7-5-3-1-2-4-6-8(7)10(9)12/h1-2,7-9H,3-6H2/b2-1-/t7-,8+,9?/m1/s1. The van der Waals surface area contributed by atoms with Gasteiger partial charge in [-0.1, -0.05) is 12.2 Å². The van der Waals surface area contributed by atoms with E-state index in [2.05, 4.69) is 12.2 Å². The molecule has 0 spiro atoms. The smallest absolute Gasteiger partial charge is 0.154 e. The van der Waals surface area contributed by atoms with E-state index in [1.165, 1.54) is 0 Å². The normalized spacial score (nSPS) is 43.8. The Morgan fingerprint density at radius 1 is 1.25 bits per heavy atom. The van der Waals surface area contributed by atoms with E-state index in [9.17, 15) is 4.79 Å². The molecule has 0 saturated heterocycles. The molecule has 1 saturated carbocycles. The van der Waals surface area contributed by atoms with Gasteiger partial charge in [0.25, 0.3) is 0 Å². The van der Waals surface area contributed by atoms with Gasteiger partial charge in [0.1, 0.15) is 0 Å². The average Bonchev–Trinajstić information content (AvgIpc) is 2.04. The average molecular weight is 185 g/mol. The molecule has 0 amide bonds. The maximum atomic E-state index is 11.3. The number of hydrogen-bond donors (Lipinski definition) is 0. The van der Waals surface area contributed by atoms with Gasteiger partial charge in [-0.2, -0.15) is 0 Å². The van der Waals surface area contributed by atoms with Crippen LogP contribution in [0.25, 0.3) is 0 Å². The van der Waals surface area contributed by atoms with Crippen LogP contribution in [0.1, 0.15) is 25.7 Å². The first-order chi connectivity index (χ1) is 5.80. The molecule has 0 aromatic heterocycles. The van der Waals surface area contributed by atoms with Gasteiger partial charge in [-0.25, -0.2) is 0 Å². The molecule has 0 aliphatic heterocycles. The van der Waals surface area contributed by atoms with Gasteiger partial charge in [0.15, 0.2) is 5.78 Å². The summed E-state index contributed by atoms with van der Waals surface area (Å²) in [6.45, 7) is 0. The van der Waals surface area contributed by atoms with E-state index < -0.39 is 0 Å². The van der Waals surface area contributed by atoms with Crippen molar-refractivity contribution in [3.63, 3.8) is 0 Å². The van der Waals surface area contributed by atoms with Gasteiger partial charge in [0.2, 0.25) is 0 Å². The lowest BCUT2D eigenvalue weighted by atomic mass is 9.67. The summed E-state index contributed by atoms with van der Waals surface area (Å²) in [5, 5.41) is -0.165. The van der Waals surface area contributed by atoms with E-state index in [0.717, 1.165) is 25.7 Å². The lowest BCUT2D eigenvalue weighted by Gasteiger charge is -2.40. The van der Waals surface area contributed by atoms with Gasteiger partial charge in [-0.3, -0.25) is 4.79 Å². The number of alkyl halides is 1. The van der Waals surface area contributed by atoms with Crippen molar-refractivity contribution in [2.24, 2.45) is 11.8 Å². The molecule has 0 aromatic rings. The van der Waals surface area contributed by atoms with Crippen LogP contribution in [0.3, 0.4) is 0 Å². The zero-order valence-electron chi connectivity index (χ0n) is 7.00. The third kappa shape index (κ3) is 1.20. The summed E-state index contributed by atoms with van der Waals surface area (Å²) in [4.78, 5) is 11.3. The molecule has 1 fully saturated rings. The molecule has 0 heterocycles. The fourth-order valence-corrected chi connectivity index (χ4v) is 2.68. The zero-order valence-corrected chi connectivity index (χ0v) is 7.76. The van der Waals surface area contributed by atoms with E-state index in [4.69, 9.17) is 11.6 Å². The number of carbonyl (C=O) groups excluding carboxylic acids is 1. The molecule has 2 aliphatic rings. The van der Waals surface area contributed by atoms with Crippen molar-refractivity contribution < 1.29 is 4.79 Å². The Labute approximate surface area is 77.8 Å². The molecule has 1 nitrogen and oxygen atoms in total. The van der Waals surface area contributed by atoms with Crippen LogP contribution in [0.2, 0.25) is 0 Å². The maximum absolute atomic E-state index is 11.3. The number of hydrogen-bond acceptors (Lipinski definition) is 1. The van der Waals surface area contributed by atoms with Crippen LogP contribution in [0.5, 0.6) is 0 Å². The second kappa shape index (κ2) is 3.21. The minimum absolute atomic E-state index is 0.165. The second-order valence-electron chi connectivity index (χ2n) is 3.70. The Kier molecular flexibility index (Phi) is 2.22. The predicted molar refractivity (Wildman–Crippen MR) is 49.2 cm³/mol. The Bertz CT molecular complexity index is 222. The molecule has 1 unspecified atom stereocenters. The Balaban J connectivity index is 2.05. The summed E-state index contributed by atoms with van der Waals surface area (Å²) in [6.07, 6.45) is 8.66. The first-order valence-electron chi connectivity index (χ1n) is 4.63. The van der Waals surface area contributed by atoms with Crippen molar-refractivity contribution in [3.05, 3.63) is 12.2 Å². The monoisotopic (exact) mass is 184 g/mol. The fraction of sp³-hybridized carbons (Fsp3) is 0.700. The summed E-state index contributed by atoms with van der Waals surface area (Å²) in [5.41, 5.74) is 0. The SMILES string of the molecule is O=C1C(Cl)[C@@H]2CC/C=C\CC[C@H]12. The lowest BCUT2D eigenvalue weighted by molar-refractivity contribution is -0.134. The van der Waals surface area contributed by atoms with Crippen LogP contribution in [0.15, 0.2) is 12.2 Å². The molecule has 0 radical (unpaired) electrons. The molecule has 0 N–H and O–H groups in total. The molecule has 0 aromatic carbocycles. The van der Waals surface area contributed by atoms with Gasteiger partial charge >= 0.3 is 0 Å². The highest BCUT2D eigenvalue weighted by Gasteiger charge is 2.47. The Hall–Kier alpha value is -0.300. The molecule has 3 atom stereocenters. The van der Waals surface area contributed by atoms with Gasteiger partial charge in [0.05, 0.1) is 5.38 Å². The molecule has 66 valence electrons. The highest BCUT2D eigenvalue weighted by atomic mass is 35.5. The maximum Gasteiger partial charge on any atom is 0.154 e. The summed E-state index contributed by atoms with van der Waals surface area (Å²) in [7, 11) is 0. The molecule has 2 heteroatoms. The summed E-state index contributed by atoms with van der Waals surface area (Å²) in [6, 6.07) is 0. The molecule has 2 aliphatic carbocycles. The number of allylic oxidation sites excluding steroid dienone is 2. The van der Waals surface area contributed by atoms with Crippen molar-refractivity contribution in [3.8, 4) is 0 Å². The summed E-state index contributed by atoms with van der Waals surface area (Å²) >= 11 is 5.93. The number of halogens is 1. The Morgan fingerprint density at radius 3 is 2.67 bits per heavy atom. The molecular weight excluding hydrogens is 172 g/mol. The van der Waals surface area contributed by atoms with E-state index in [1.807, 2.05) is 0 Å². The highest BCUT2D eigenvalue weighted by Crippen LogP contribution is 2.42. The van der Waals surface area contributed by atoms with Crippen LogP contribution >= 0.6 is 11.6 Å². The van der Waals surface area contributed by atoms with Crippen molar-refractivity contribution in [1.29, 1.82) is 0 Å². The van der Waals surface area contributed by atoms with E-state index >= 15 is 0 Å². The van der Waals surface area contributed by atoms with Crippen molar-refractivity contribution in [2.45, 2.75) is 31.1 Å². The lowest BCUT2D eigenvalue weighted by Crippen LogP contribution is -2.48. The van der Waals surface area contributed by atoms with Crippen LogP contribution < -0.4 is 0 Å². The van der Waals surface area contributed by atoms with E-state index in [-0.39, 0.29) is 17.1 Å². The number of carbonyl (C=O) groups is 1. The minimum Gasteiger partial charge on any atom is -0.298 e. The third-order valence-electron chi connectivity index (χ3n) is 3.01. The molecule has 12 heavy (non-hydrogen) atoms. The third-order valence-corrected chi connectivity index (χ3v) is 3.55. The predicted octanol–water partition coefficient (Wildman–Crippen LogP) is 2.54. The summed E-state index contributed by atoms with van der Waals surface area (Å²) in [5.74, 6) is 1.05. The highest BCUT2D eigenvalue weighted by molar-refractivity contribution is 6.34. The number of Topliss-reactive ketones (excluding diaryl/α,β-unsaturated/α-hetero) is 1.